The van der Waals surface area contributed by atoms with Crippen molar-refractivity contribution in [3.8, 4) is 0 Å². The Balaban J connectivity index is 1.53. The van der Waals surface area contributed by atoms with Gasteiger partial charge in [-0.2, -0.15) is 0 Å². The van der Waals surface area contributed by atoms with Gasteiger partial charge in [0.1, 0.15) is 12.2 Å². The van der Waals surface area contributed by atoms with E-state index in [0.717, 1.165) is 18.9 Å². The van der Waals surface area contributed by atoms with Gasteiger partial charge in [0.05, 0.1) is 18.2 Å². The molecule has 0 spiro atoms. The Hall–Kier alpha value is -1.47. The maximum absolute atomic E-state index is 12.2. The monoisotopic (exact) mass is 293 g/mol. The SMILES string of the molecule is CN(C)[C@@H]1[C@@H](NC(=O)CCc2nncn2C)[C@H]2CCO[C@H]21. The van der Waals surface area contributed by atoms with Crippen LogP contribution in [0.15, 0.2) is 6.33 Å². The molecule has 1 aliphatic carbocycles. The molecule has 7 nitrogen and oxygen atoms in total. The highest BCUT2D eigenvalue weighted by molar-refractivity contribution is 5.76. The first-order valence-corrected chi connectivity index (χ1v) is 7.48. The van der Waals surface area contributed by atoms with E-state index in [2.05, 4.69) is 20.4 Å². The van der Waals surface area contributed by atoms with E-state index < -0.39 is 0 Å². The van der Waals surface area contributed by atoms with Crippen LogP contribution in [0.2, 0.25) is 0 Å². The molecule has 0 bridgehead atoms. The summed E-state index contributed by atoms with van der Waals surface area (Å²) in [6.07, 6.45) is 4.04. The largest absolute Gasteiger partial charge is 0.376 e. The van der Waals surface area contributed by atoms with Crippen LogP contribution in [0.5, 0.6) is 0 Å². The van der Waals surface area contributed by atoms with Crippen LogP contribution >= 0.6 is 0 Å². The van der Waals surface area contributed by atoms with Gasteiger partial charge in [-0.1, -0.05) is 0 Å². The summed E-state index contributed by atoms with van der Waals surface area (Å²) in [4.78, 5) is 14.3. The molecule has 1 aromatic rings. The zero-order chi connectivity index (χ0) is 15.0. The molecule has 1 aliphatic heterocycles. The quantitative estimate of drug-likeness (QED) is 0.798. The highest BCUT2D eigenvalue weighted by Gasteiger charge is 2.55. The third-order valence-corrected chi connectivity index (χ3v) is 4.65. The lowest BCUT2D eigenvalue weighted by atomic mass is 9.71. The van der Waals surface area contributed by atoms with E-state index in [1.165, 1.54) is 0 Å². The Morgan fingerprint density at radius 2 is 2.38 bits per heavy atom. The number of hydrogen-bond acceptors (Lipinski definition) is 5. The topological polar surface area (TPSA) is 72.3 Å². The van der Waals surface area contributed by atoms with Gasteiger partial charge < -0.3 is 19.5 Å². The van der Waals surface area contributed by atoms with Gasteiger partial charge >= 0.3 is 0 Å². The van der Waals surface area contributed by atoms with E-state index in [9.17, 15) is 4.79 Å². The summed E-state index contributed by atoms with van der Waals surface area (Å²) >= 11 is 0. The van der Waals surface area contributed by atoms with Crippen molar-refractivity contribution in [1.82, 2.24) is 25.0 Å². The van der Waals surface area contributed by atoms with Gasteiger partial charge in [-0.15, -0.1) is 10.2 Å². The van der Waals surface area contributed by atoms with Crippen molar-refractivity contribution in [2.75, 3.05) is 20.7 Å². The molecule has 1 amide bonds. The van der Waals surface area contributed by atoms with Gasteiger partial charge in [-0.25, -0.2) is 0 Å². The molecule has 2 fully saturated rings. The predicted molar refractivity (Wildman–Crippen MR) is 76.6 cm³/mol. The minimum absolute atomic E-state index is 0.0835. The number of aromatic nitrogens is 3. The van der Waals surface area contributed by atoms with Crippen molar-refractivity contribution in [2.45, 2.75) is 37.5 Å². The number of amides is 1. The second kappa shape index (κ2) is 5.73. The van der Waals surface area contributed by atoms with Gasteiger partial charge in [-0.05, 0) is 20.5 Å². The maximum atomic E-state index is 12.2. The van der Waals surface area contributed by atoms with Crippen molar-refractivity contribution >= 4 is 5.91 Å². The van der Waals surface area contributed by atoms with E-state index in [0.29, 0.717) is 18.8 Å². The van der Waals surface area contributed by atoms with E-state index in [-0.39, 0.29) is 24.1 Å². The molecule has 0 aromatic carbocycles. The van der Waals surface area contributed by atoms with E-state index in [1.54, 1.807) is 6.33 Å². The van der Waals surface area contributed by atoms with Crippen LogP contribution in [0.1, 0.15) is 18.7 Å². The third-order valence-electron chi connectivity index (χ3n) is 4.65. The van der Waals surface area contributed by atoms with Gasteiger partial charge in [-0.3, -0.25) is 4.79 Å². The standard InChI is InChI=1S/C14H23N5O2/c1-18(2)13-12(9-6-7-21-14(9)13)16-11(20)5-4-10-17-15-8-19(10)3/h8-9,12-14H,4-7H2,1-3H3,(H,16,20)/t9-,12+,13-,14-/m1/s1. The predicted octanol–water partition coefficient (Wildman–Crippen LogP) is -0.419. The molecule has 1 saturated carbocycles. The molecule has 7 heteroatoms. The lowest BCUT2D eigenvalue weighted by molar-refractivity contribution is -0.128. The highest BCUT2D eigenvalue weighted by Crippen LogP contribution is 2.41. The Morgan fingerprint density at radius 1 is 1.57 bits per heavy atom. The van der Waals surface area contributed by atoms with Crippen molar-refractivity contribution in [2.24, 2.45) is 13.0 Å². The molecule has 2 heterocycles. The molecule has 0 unspecified atom stereocenters. The molecular formula is C14H23N5O2. The van der Waals surface area contributed by atoms with E-state index in [4.69, 9.17) is 4.74 Å². The lowest BCUT2D eigenvalue weighted by Gasteiger charge is -2.50. The summed E-state index contributed by atoms with van der Waals surface area (Å²) in [6.45, 7) is 0.810. The summed E-state index contributed by atoms with van der Waals surface area (Å²) in [5, 5.41) is 11.0. The normalized spacial score (nSPS) is 31.0. The Labute approximate surface area is 124 Å². The van der Waals surface area contributed by atoms with Crippen molar-refractivity contribution in [3.05, 3.63) is 12.2 Å². The average molecular weight is 293 g/mol. The van der Waals surface area contributed by atoms with Crippen molar-refractivity contribution in [3.63, 3.8) is 0 Å². The van der Waals surface area contributed by atoms with Crippen molar-refractivity contribution < 1.29 is 9.53 Å². The van der Waals surface area contributed by atoms with Crippen LogP contribution in [-0.4, -0.2) is 64.5 Å². The number of fused-ring (bicyclic) bond motifs is 1. The number of rotatable bonds is 5. The summed E-state index contributed by atoms with van der Waals surface area (Å²) in [5.74, 6) is 1.39. The van der Waals surface area contributed by atoms with Gasteiger partial charge in [0.2, 0.25) is 5.91 Å². The molecule has 2 aliphatic rings. The fraction of sp³-hybridized carbons (Fsp3) is 0.786. The molecule has 1 aromatic heterocycles. The Morgan fingerprint density at radius 3 is 3.05 bits per heavy atom. The molecular weight excluding hydrogens is 270 g/mol. The first-order valence-electron chi connectivity index (χ1n) is 7.48. The molecule has 21 heavy (non-hydrogen) atoms. The zero-order valence-electron chi connectivity index (χ0n) is 12.8. The van der Waals surface area contributed by atoms with Gasteiger partial charge in [0.15, 0.2) is 0 Å². The van der Waals surface area contributed by atoms with Gasteiger partial charge in [0.25, 0.3) is 0 Å². The molecule has 1 N–H and O–H groups in total. The number of ether oxygens (including phenoxy) is 1. The number of nitrogens with one attached hydrogen (secondary N) is 1. The molecule has 116 valence electrons. The fourth-order valence-electron chi connectivity index (χ4n) is 3.50. The Kier molecular flexibility index (Phi) is 3.95. The van der Waals surface area contributed by atoms with E-state index >= 15 is 0 Å². The number of carbonyl (C=O) groups excluding carboxylic acids is 1. The molecule has 4 atom stereocenters. The van der Waals surface area contributed by atoms with Crippen LogP contribution in [0.4, 0.5) is 0 Å². The lowest BCUT2D eigenvalue weighted by Crippen LogP contribution is -2.69. The number of hydrogen-bond donors (Lipinski definition) is 1. The summed E-state index contributed by atoms with van der Waals surface area (Å²) in [5.41, 5.74) is 0. The third kappa shape index (κ3) is 2.67. The second-order valence-electron chi connectivity index (χ2n) is 6.19. The molecule has 1 saturated heterocycles. The first-order chi connectivity index (χ1) is 10.1. The minimum atomic E-state index is 0.0835. The molecule has 3 rings (SSSR count). The van der Waals surface area contributed by atoms with Crippen LogP contribution in [0, 0.1) is 5.92 Å². The van der Waals surface area contributed by atoms with Gasteiger partial charge in [0, 0.05) is 32.4 Å². The average Bonchev–Trinajstić information content (AvgIpc) is 3.00. The summed E-state index contributed by atoms with van der Waals surface area (Å²) < 4.78 is 7.60. The smallest absolute Gasteiger partial charge is 0.220 e. The van der Waals surface area contributed by atoms with Crippen LogP contribution in [0.3, 0.4) is 0 Å². The first kappa shape index (κ1) is 14.5. The summed E-state index contributed by atoms with van der Waals surface area (Å²) in [6, 6.07) is 0.496. The van der Waals surface area contributed by atoms with Crippen LogP contribution < -0.4 is 5.32 Å². The fourth-order valence-corrected chi connectivity index (χ4v) is 3.50. The Bertz CT molecular complexity index is 515. The van der Waals surface area contributed by atoms with Crippen LogP contribution in [0.25, 0.3) is 0 Å². The molecule has 0 radical (unpaired) electrons. The highest BCUT2D eigenvalue weighted by atomic mass is 16.5. The zero-order valence-corrected chi connectivity index (χ0v) is 12.8. The van der Waals surface area contributed by atoms with Crippen LogP contribution in [-0.2, 0) is 23.0 Å². The second-order valence-corrected chi connectivity index (χ2v) is 6.19. The minimum Gasteiger partial charge on any atom is -0.376 e. The maximum Gasteiger partial charge on any atom is 0.220 e. The number of nitrogens with zero attached hydrogens (tertiary/aromatic N) is 4. The number of likely N-dealkylation sites (N-methyl/N-ethyl adjacent to an activating group) is 1. The number of aryl methyl sites for hydroxylation is 2. The van der Waals surface area contributed by atoms with Crippen molar-refractivity contribution in [1.29, 1.82) is 0 Å². The van der Waals surface area contributed by atoms with E-state index in [1.807, 2.05) is 25.7 Å². The number of carbonyl (C=O) groups is 1. The summed E-state index contributed by atoms with van der Waals surface area (Å²) in [7, 11) is 5.98.